The SMILES string of the molecule is CO[C@H]1[C@H](O)[C@@H](O)[C@H](O)[C@H](O)[C@@H]1O[C@H]1O[C@H](CO)[C@H](O)[C@H](O)[C@H]1O. The van der Waals surface area contributed by atoms with Crippen molar-refractivity contribution in [1.82, 2.24) is 0 Å². The molecule has 2 fully saturated rings. The smallest absolute Gasteiger partial charge is 0.187 e. The van der Waals surface area contributed by atoms with E-state index >= 15 is 0 Å². The molecule has 11 nitrogen and oxygen atoms in total. The Morgan fingerprint density at radius 3 is 1.71 bits per heavy atom. The highest BCUT2D eigenvalue weighted by atomic mass is 16.7. The van der Waals surface area contributed by atoms with Crippen LogP contribution in [0.15, 0.2) is 0 Å². The molecule has 0 aromatic carbocycles. The van der Waals surface area contributed by atoms with Crippen LogP contribution in [-0.2, 0) is 14.2 Å². The molecule has 0 spiro atoms. The van der Waals surface area contributed by atoms with E-state index in [1.165, 1.54) is 7.11 Å². The molecule has 1 aliphatic carbocycles. The van der Waals surface area contributed by atoms with E-state index in [0.717, 1.165) is 0 Å². The molecule has 0 amide bonds. The topological polar surface area (TPSA) is 190 Å². The average molecular weight is 356 g/mol. The van der Waals surface area contributed by atoms with E-state index in [2.05, 4.69) is 0 Å². The first kappa shape index (κ1) is 19.9. The Balaban J connectivity index is 2.17. The quantitative estimate of drug-likeness (QED) is 0.240. The van der Waals surface area contributed by atoms with E-state index in [-0.39, 0.29) is 0 Å². The van der Waals surface area contributed by atoms with E-state index in [0.29, 0.717) is 0 Å². The number of aliphatic hydroxyl groups excluding tert-OH is 8. The van der Waals surface area contributed by atoms with E-state index in [9.17, 15) is 35.7 Å². The highest BCUT2D eigenvalue weighted by Crippen LogP contribution is 2.30. The van der Waals surface area contributed by atoms with Crippen LogP contribution >= 0.6 is 0 Å². The first-order chi connectivity index (χ1) is 11.2. The number of hydrogen-bond donors (Lipinski definition) is 8. The van der Waals surface area contributed by atoms with Gasteiger partial charge in [-0.25, -0.2) is 0 Å². The molecule has 0 aromatic rings. The Morgan fingerprint density at radius 1 is 0.708 bits per heavy atom. The second-order valence-electron chi connectivity index (χ2n) is 5.96. The lowest BCUT2D eigenvalue weighted by Crippen LogP contribution is -2.67. The lowest BCUT2D eigenvalue weighted by molar-refractivity contribution is -0.340. The van der Waals surface area contributed by atoms with Gasteiger partial charge in [0.1, 0.15) is 61.0 Å². The summed E-state index contributed by atoms with van der Waals surface area (Å²) in [5.74, 6) is 0. The normalized spacial score (nSPS) is 53.1. The number of ether oxygens (including phenoxy) is 3. The van der Waals surface area contributed by atoms with Crippen molar-refractivity contribution in [3.63, 3.8) is 0 Å². The van der Waals surface area contributed by atoms with Crippen molar-refractivity contribution in [3.8, 4) is 0 Å². The largest absolute Gasteiger partial charge is 0.394 e. The van der Waals surface area contributed by atoms with E-state index < -0.39 is 73.9 Å². The highest BCUT2D eigenvalue weighted by molar-refractivity contribution is 5.01. The molecule has 8 N–H and O–H groups in total. The van der Waals surface area contributed by atoms with Crippen LogP contribution in [0.4, 0.5) is 0 Å². The molecule has 1 saturated carbocycles. The van der Waals surface area contributed by atoms with Gasteiger partial charge in [-0.15, -0.1) is 0 Å². The number of hydrogen-bond acceptors (Lipinski definition) is 11. The average Bonchev–Trinajstić information content (AvgIpc) is 2.58. The summed E-state index contributed by atoms with van der Waals surface area (Å²) in [6.07, 6.45) is -17.2. The van der Waals surface area contributed by atoms with Gasteiger partial charge in [0.25, 0.3) is 0 Å². The molecule has 0 radical (unpaired) electrons. The second kappa shape index (κ2) is 7.85. The lowest BCUT2D eigenvalue weighted by atomic mass is 9.84. The zero-order valence-electron chi connectivity index (χ0n) is 12.9. The standard InChI is InChI=1S/C13H24O11/c1-22-11-8(19)6(17)7(18)9(20)12(11)24-13-10(21)5(16)4(15)3(2-14)23-13/h3-21H,2H2,1H3/t3-,4+,5+,6+,7+,8-,9+,10-,11+,12+,13-/m1/s1. The Kier molecular flexibility index (Phi) is 6.50. The van der Waals surface area contributed by atoms with Crippen molar-refractivity contribution in [1.29, 1.82) is 0 Å². The van der Waals surface area contributed by atoms with Crippen LogP contribution in [0.25, 0.3) is 0 Å². The number of rotatable bonds is 4. The van der Waals surface area contributed by atoms with Crippen molar-refractivity contribution >= 4 is 0 Å². The van der Waals surface area contributed by atoms with Crippen LogP contribution < -0.4 is 0 Å². The Labute approximate surface area is 137 Å². The molecule has 142 valence electrons. The summed E-state index contributed by atoms with van der Waals surface area (Å²) in [7, 11) is 1.18. The van der Waals surface area contributed by atoms with Crippen molar-refractivity contribution in [2.45, 2.75) is 67.3 Å². The minimum absolute atomic E-state index is 0.671. The maximum atomic E-state index is 10.1. The number of methoxy groups -OCH3 is 1. The van der Waals surface area contributed by atoms with Gasteiger partial charge >= 0.3 is 0 Å². The van der Waals surface area contributed by atoms with Crippen LogP contribution in [0.2, 0.25) is 0 Å². The lowest BCUT2D eigenvalue weighted by Gasteiger charge is -2.46. The molecule has 24 heavy (non-hydrogen) atoms. The monoisotopic (exact) mass is 356 g/mol. The van der Waals surface area contributed by atoms with Gasteiger partial charge < -0.3 is 55.1 Å². The third-order valence-corrected chi connectivity index (χ3v) is 4.46. The fraction of sp³-hybridized carbons (Fsp3) is 1.00. The Bertz CT molecular complexity index is 407. The minimum Gasteiger partial charge on any atom is -0.394 e. The van der Waals surface area contributed by atoms with Gasteiger partial charge in [-0.2, -0.15) is 0 Å². The van der Waals surface area contributed by atoms with Crippen LogP contribution in [0.3, 0.4) is 0 Å². The van der Waals surface area contributed by atoms with Gasteiger partial charge in [-0.05, 0) is 0 Å². The van der Waals surface area contributed by atoms with Gasteiger partial charge in [-0.1, -0.05) is 0 Å². The Morgan fingerprint density at radius 2 is 1.21 bits per heavy atom. The van der Waals surface area contributed by atoms with E-state index in [1.807, 2.05) is 0 Å². The predicted molar refractivity (Wildman–Crippen MR) is 73.5 cm³/mol. The highest BCUT2D eigenvalue weighted by Gasteiger charge is 2.53. The molecule has 1 aliphatic heterocycles. The molecular formula is C13H24O11. The summed E-state index contributed by atoms with van der Waals surface area (Å²) in [5.41, 5.74) is 0. The number of aliphatic hydroxyl groups is 8. The fourth-order valence-electron chi connectivity index (χ4n) is 2.95. The van der Waals surface area contributed by atoms with Crippen molar-refractivity contribution in [2.24, 2.45) is 0 Å². The predicted octanol–water partition coefficient (Wildman–Crippen LogP) is -5.36. The van der Waals surface area contributed by atoms with Crippen LogP contribution in [0, 0.1) is 0 Å². The molecule has 0 aromatic heterocycles. The maximum absolute atomic E-state index is 10.1. The first-order valence-corrected chi connectivity index (χ1v) is 7.45. The molecule has 1 heterocycles. The van der Waals surface area contributed by atoms with Crippen LogP contribution in [0.5, 0.6) is 0 Å². The van der Waals surface area contributed by atoms with Gasteiger partial charge in [0.15, 0.2) is 6.29 Å². The molecule has 2 rings (SSSR count). The van der Waals surface area contributed by atoms with Crippen molar-refractivity contribution in [3.05, 3.63) is 0 Å². The van der Waals surface area contributed by atoms with E-state index in [1.54, 1.807) is 0 Å². The Hall–Kier alpha value is -0.440. The summed E-state index contributed by atoms with van der Waals surface area (Å²) < 4.78 is 15.5. The zero-order valence-corrected chi connectivity index (χ0v) is 12.9. The van der Waals surface area contributed by atoms with Crippen LogP contribution in [-0.4, -0.2) is 122 Å². The van der Waals surface area contributed by atoms with Gasteiger partial charge in [0, 0.05) is 7.11 Å². The summed E-state index contributed by atoms with van der Waals surface area (Å²) >= 11 is 0. The third kappa shape index (κ3) is 3.43. The molecular weight excluding hydrogens is 332 g/mol. The molecule has 11 heteroatoms. The van der Waals surface area contributed by atoms with E-state index in [4.69, 9.17) is 19.3 Å². The fourth-order valence-corrected chi connectivity index (χ4v) is 2.95. The van der Waals surface area contributed by atoms with Gasteiger partial charge in [0.05, 0.1) is 6.61 Å². The van der Waals surface area contributed by atoms with Crippen molar-refractivity contribution < 1.29 is 55.1 Å². The minimum atomic E-state index is -1.75. The summed E-state index contributed by atoms with van der Waals surface area (Å²) in [5, 5.41) is 77.9. The maximum Gasteiger partial charge on any atom is 0.187 e. The van der Waals surface area contributed by atoms with Gasteiger partial charge in [0.2, 0.25) is 0 Å². The van der Waals surface area contributed by atoms with Crippen LogP contribution in [0.1, 0.15) is 0 Å². The molecule has 11 atom stereocenters. The van der Waals surface area contributed by atoms with Crippen molar-refractivity contribution in [2.75, 3.05) is 13.7 Å². The zero-order chi connectivity index (χ0) is 18.2. The molecule has 1 saturated heterocycles. The molecule has 0 bridgehead atoms. The van der Waals surface area contributed by atoms with Gasteiger partial charge in [-0.3, -0.25) is 0 Å². The second-order valence-corrected chi connectivity index (χ2v) is 5.96. The molecule has 2 aliphatic rings. The summed E-state index contributed by atoms with van der Waals surface area (Å²) in [4.78, 5) is 0. The summed E-state index contributed by atoms with van der Waals surface area (Å²) in [6, 6.07) is 0. The molecule has 0 unspecified atom stereocenters. The first-order valence-electron chi connectivity index (χ1n) is 7.45. The summed E-state index contributed by atoms with van der Waals surface area (Å²) in [6.45, 7) is -0.671. The third-order valence-electron chi connectivity index (χ3n) is 4.46.